The van der Waals surface area contributed by atoms with Gasteiger partial charge in [0, 0.05) is 11.8 Å². The minimum absolute atomic E-state index is 0.0494. The molecule has 2 N–H and O–H groups in total. The molecule has 6 heteroatoms. The van der Waals surface area contributed by atoms with Gasteiger partial charge in [-0.25, -0.2) is 8.42 Å². The Kier molecular flexibility index (Phi) is 4.55. The Morgan fingerprint density at radius 2 is 2.08 bits per heavy atom. The molecule has 0 saturated heterocycles. The van der Waals surface area contributed by atoms with Crippen LogP contribution < -0.4 is 5.73 Å². The van der Waals surface area contributed by atoms with Crippen LogP contribution >= 0.6 is 11.6 Å². The third-order valence-corrected chi connectivity index (χ3v) is 3.62. The van der Waals surface area contributed by atoms with Crippen LogP contribution in [0.25, 0.3) is 0 Å². The van der Waals surface area contributed by atoms with Crippen LogP contribution in [0.4, 0.5) is 0 Å². The molecule has 0 spiro atoms. The fourth-order valence-corrected chi connectivity index (χ4v) is 2.70. The normalized spacial score (nSPS) is 14.2. The summed E-state index contributed by atoms with van der Waals surface area (Å²) in [5.74, 6) is -1.51. The second-order valence-electron chi connectivity index (χ2n) is 2.61. The topological polar surface area (TPSA) is 77.2 Å². The minimum Gasteiger partial charge on any atom is -0.369 e. The van der Waals surface area contributed by atoms with Crippen molar-refractivity contribution in [2.24, 2.45) is 11.7 Å². The van der Waals surface area contributed by atoms with E-state index in [4.69, 9.17) is 17.3 Å². The second-order valence-corrected chi connectivity index (χ2v) is 5.21. The number of carbonyl (C=O) groups is 1. The number of halogens is 1. The molecule has 0 fully saturated rings. The quantitative estimate of drug-likeness (QED) is 0.641. The van der Waals surface area contributed by atoms with Gasteiger partial charge in [0.2, 0.25) is 5.91 Å². The average Bonchev–Trinajstić information content (AvgIpc) is 1.85. The van der Waals surface area contributed by atoms with Crippen LogP contribution in [0.1, 0.15) is 6.92 Å². The van der Waals surface area contributed by atoms with Crippen molar-refractivity contribution in [2.75, 3.05) is 17.4 Å². The minimum atomic E-state index is -3.21. The third-order valence-electron chi connectivity index (χ3n) is 1.38. The van der Waals surface area contributed by atoms with Crippen molar-refractivity contribution < 1.29 is 13.2 Å². The molecule has 12 heavy (non-hydrogen) atoms. The lowest BCUT2D eigenvalue weighted by Crippen LogP contribution is -2.28. The summed E-state index contributed by atoms with van der Waals surface area (Å²) < 4.78 is 22.1. The number of sulfone groups is 1. The number of hydrogen-bond acceptors (Lipinski definition) is 3. The molecule has 0 aliphatic rings. The predicted molar refractivity (Wildman–Crippen MR) is 47.7 cm³/mol. The van der Waals surface area contributed by atoms with Gasteiger partial charge in [0.25, 0.3) is 0 Å². The zero-order valence-electron chi connectivity index (χ0n) is 6.79. The molecule has 1 amide bonds. The van der Waals surface area contributed by atoms with E-state index < -0.39 is 21.7 Å². The molecule has 0 aromatic heterocycles. The number of alkyl halides is 1. The molecule has 1 atom stereocenters. The van der Waals surface area contributed by atoms with Gasteiger partial charge in [0.15, 0.2) is 9.84 Å². The highest BCUT2D eigenvalue weighted by Crippen LogP contribution is 2.01. The summed E-state index contributed by atoms with van der Waals surface area (Å²) in [6.45, 7) is 1.48. The van der Waals surface area contributed by atoms with Gasteiger partial charge in [-0.15, -0.1) is 11.6 Å². The Balaban J connectivity index is 4.16. The highest BCUT2D eigenvalue weighted by Gasteiger charge is 2.18. The van der Waals surface area contributed by atoms with E-state index >= 15 is 0 Å². The van der Waals surface area contributed by atoms with Crippen LogP contribution in [0.15, 0.2) is 0 Å². The smallest absolute Gasteiger partial charge is 0.221 e. The number of nitrogens with two attached hydrogens (primary N) is 1. The van der Waals surface area contributed by atoms with Gasteiger partial charge >= 0.3 is 0 Å². The first-order valence-electron chi connectivity index (χ1n) is 3.45. The van der Waals surface area contributed by atoms with Crippen LogP contribution in [0.5, 0.6) is 0 Å². The first kappa shape index (κ1) is 11.7. The van der Waals surface area contributed by atoms with Crippen LogP contribution in [0.3, 0.4) is 0 Å². The van der Waals surface area contributed by atoms with Crippen molar-refractivity contribution in [3.63, 3.8) is 0 Å². The van der Waals surface area contributed by atoms with E-state index in [0.29, 0.717) is 0 Å². The van der Waals surface area contributed by atoms with E-state index in [2.05, 4.69) is 0 Å². The number of carbonyl (C=O) groups excluding carboxylic acids is 1. The Morgan fingerprint density at radius 1 is 1.58 bits per heavy atom. The molecule has 0 aliphatic carbocycles. The summed E-state index contributed by atoms with van der Waals surface area (Å²) in [6, 6.07) is 0. The SMILES string of the molecule is CC(CS(=O)(=O)CCCl)C(N)=O. The van der Waals surface area contributed by atoms with Gasteiger partial charge < -0.3 is 5.73 Å². The van der Waals surface area contributed by atoms with Gasteiger partial charge in [-0.05, 0) is 0 Å². The molecule has 0 radical (unpaired) electrons. The second kappa shape index (κ2) is 4.67. The molecular weight excluding hydrogens is 202 g/mol. The van der Waals surface area contributed by atoms with E-state index in [1.807, 2.05) is 0 Å². The molecule has 0 rings (SSSR count). The van der Waals surface area contributed by atoms with Gasteiger partial charge in [-0.3, -0.25) is 4.79 Å². The zero-order valence-corrected chi connectivity index (χ0v) is 8.36. The van der Waals surface area contributed by atoms with Gasteiger partial charge in [0.1, 0.15) is 0 Å². The summed E-state index contributed by atoms with van der Waals surface area (Å²) in [5.41, 5.74) is 4.90. The van der Waals surface area contributed by atoms with E-state index in [1.165, 1.54) is 6.92 Å². The van der Waals surface area contributed by atoms with E-state index in [1.54, 1.807) is 0 Å². The van der Waals surface area contributed by atoms with Gasteiger partial charge in [0.05, 0.1) is 11.5 Å². The van der Waals surface area contributed by atoms with Gasteiger partial charge in [-0.1, -0.05) is 6.92 Å². The monoisotopic (exact) mass is 213 g/mol. The highest BCUT2D eigenvalue weighted by atomic mass is 35.5. The molecule has 0 heterocycles. The third kappa shape index (κ3) is 4.56. The largest absolute Gasteiger partial charge is 0.369 e. The molecular formula is C6H12ClNO3S. The van der Waals surface area contributed by atoms with Crippen LogP contribution in [-0.2, 0) is 14.6 Å². The standard InChI is InChI=1S/C6H12ClNO3S/c1-5(6(8)9)4-12(10,11)3-2-7/h5H,2-4H2,1H3,(H2,8,9). The molecule has 0 aliphatic heterocycles. The van der Waals surface area contributed by atoms with Crippen LogP contribution in [0, 0.1) is 5.92 Å². The lowest BCUT2D eigenvalue weighted by Gasteiger charge is -2.06. The average molecular weight is 214 g/mol. The summed E-state index contributed by atoms with van der Waals surface area (Å²) in [5, 5.41) is 0. The maximum atomic E-state index is 11.1. The fourth-order valence-electron chi connectivity index (χ4n) is 0.664. The number of primary amides is 1. The van der Waals surface area contributed by atoms with E-state index in [9.17, 15) is 13.2 Å². The van der Waals surface area contributed by atoms with Crippen molar-refractivity contribution in [3.05, 3.63) is 0 Å². The first-order chi connectivity index (χ1) is 5.39. The Hall–Kier alpha value is -0.290. The number of rotatable bonds is 5. The summed E-state index contributed by atoms with van der Waals surface area (Å²) in [7, 11) is -3.21. The van der Waals surface area contributed by atoms with Crippen molar-refractivity contribution >= 4 is 27.3 Å². The van der Waals surface area contributed by atoms with Gasteiger partial charge in [-0.2, -0.15) is 0 Å². The summed E-state index contributed by atoms with van der Waals surface area (Å²) in [6.07, 6.45) is 0. The van der Waals surface area contributed by atoms with E-state index in [0.717, 1.165) is 0 Å². The first-order valence-corrected chi connectivity index (χ1v) is 5.80. The predicted octanol–water partition coefficient (Wildman–Crippen LogP) is -0.239. The Bertz CT molecular complexity index is 250. The molecule has 0 saturated carbocycles. The van der Waals surface area contributed by atoms with E-state index in [-0.39, 0.29) is 17.4 Å². The summed E-state index contributed by atoms with van der Waals surface area (Å²) in [4.78, 5) is 10.5. The molecule has 0 aromatic carbocycles. The molecule has 72 valence electrons. The lowest BCUT2D eigenvalue weighted by atomic mass is 10.2. The maximum Gasteiger partial charge on any atom is 0.221 e. The molecule has 0 bridgehead atoms. The molecule has 0 aromatic rings. The lowest BCUT2D eigenvalue weighted by molar-refractivity contribution is -0.120. The van der Waals surface area contributed by atoms with Crippen molar-refractivity contribution in [3.8, 4) is 0 Å². The van der Waals surface area contributed by atoms with Crippen molar-refractivity contribution in [1.82, 2.24) is 0 Å². The Labute approximate surface area is 77.0 Å². The fraction of sp³-hybridized carbons (Fsp3) is 0.833. The summed E-state index contributed by atoms with van der Waals surface area (Å²) >= 11 is 5.25. The zero-order chi connectivity index (χ0) is 9.78. The van der Waals surface area contributed by atoms with Crippen LogP contribution in [-0.4, -0.2) is 31.7 Å². The maximum absolute atomic E-state index is 11.1. The molecule has 1 unspecified atom stereocenters. The van der Waals surface area contributed by atoms with Crippen molar-refractivity contribution in [1.29, 1.82) is 0 Å². The highest BCUT2D eigenvalue weighted by molar-refractivity contribution is 7.91. The van der Waals surface area contributed by atoms with Crippen LogP contribution in [0.2, 0.25) is 0 Å². The number of hydrogen-bond donors (Lipinski definition) is 1. The number of amides is 1. The Morgan fingerprint density at radius 3 is 2.42 bits per heavy atom. The molecule has 4 nitrogen and oxygen atoms in total. The van der Waals surface area contributed by atoms with Crippen molar-refractivity contribution in [2.45, 2.75) is 6.92 Å².